The van der Waals surface area contributed by atoms with Crippen molar-refractivity contribution in [2.75, 3.05) is 5.32 Å². The zero-order chi connectivity index (χ0) is 16.9. The molecule has 2 aromatic carbocycles. The Kier molecular flexibility index (Phi) is 4.70. The van der Waals surface area contributed by atoms with Crippen LogP contribution in [0.2, 0.25) is 0 Å². The summed E-state index contributed by atoms with van der Waals surface area (Å²) in [6.45, 7) is 4.86. The summed E-state index contributed by atoms with van der Waals surface area (Å²) in [5, 5.41) is 10.8. The Morgan fingerprint density at radius 3 is 2.46 bits per heavy atom. The van der Waals surface area contributed by atoms with Gasteiger partial charge in [0.1, 0.15) is 0 Å². The van der Waals surface area contributed by atoms with E-state index in [0.717, 1.165) is 11.3 Å². The van der Waals surface area contributed by atoms with Crippen LogP contribution in [0.15, 0.2) is 60.8 Å². The number of hydrogen-bond donors (Lipinski definition) is 1. The zero-order valence-electron chi connectivity index (χ0n) is 13.8. The number of nitrogens with one attached hydrogen (secondary N) is 1. The first-order chi connectivity index (χ1) is 11.6. The molecule has 1 N–H and O–H groups in total. The highest BCUT2D eigenvalue weighted by atomic mass is 16.2. The van der Waals surface area contributed by atoms with Crippen molar-refractivity contribution in [3.63, 3.8) is 0 Å². The Balaban J connectivity index is 1.65. The second-order valence-electron chi connectivity index (χ2n) is 6.02. The topological polar surface area (TPSA) is 59.8 Å². The fourth-order valence-corrected chi connectivity index (χ4v) is 2.40. The molecule has 1 amide bonds. The van der Waals surface area contributed by atoms with E-state index in [1.807, 2.05) is 54.6 Å². The van der Waals surface area contributed by atoms with E-state index in [4.69, 9.17) is 0 Å². The minimum absolute atomic E-state index is 0.258. The number of benzene rings is 2. The third-order valence-electron chi connectivity index (χ3n) is 3.79. The van der Waals surface area contributed by atoms with Gasteiger partial charge < -0.3 is 5.32 Å². The van der Waals surface area contributed by atoms with E-state index in [-0.39, 0.29) is 5.91 Å². The molecule has 1 aromatic heterocycles. The number of rotatable bonds is 5. The lowest BCUT2D eigenvalue weighted by molar-refractivity contribution is 0.102. The van der Waals surface area contributed by atoms with Crippen LogP contribution >= 0.6 is 0 Å². The molecule has 0 spiro atoms. The molecule has 0 saturated carbocycles. The van der Waals surface area contributed by atoms with Gasteiger partial charge in [0.2, 0.25) is 0 Å². The van der Waals surface area contributed by atoms with Gasteiger partial charge in [0.25, 0.3) is 5.91 Å². The number of amides is 1. The Bertz CT molecular complexity index is 807. The van der Waals surface area contributed by atoms with Crippen LogP contribution in [0.4, 0.5) is 5.69 Å². The number of hydrogen-bond acceptors (Lipinski definition) is 3. The van der Waals surface area contributed by atoms with Crippen LogP contribution in [-0.4, -0.2) is 20.9 Å². The summed E-state index contributed by atoms with van der Waals surface area (Å²) < 4.78 is 1.66. The Hall–Kier alpha value is -2.95. The molecule has 0 saturated heterocycles. The van der Waals surface area contributed by atoms with Crippen molar-refractivity contribution in [3.05, 3.63) is 77.6 Å². The van der Waals surface area contributed by atoms with Crippen molar-refractivity contribution in [1.29, 1.82) is 0 Å². The predicted molar refractivity (Wildman–Crippen MR) is 94.1 cm³/mol. The first-order valence-corrected chi connectivity index (χ1v) is 7.97. The summed E-state index contributed by atoms with van der Waals surface area (Å²) in [6, 6.07) is 17.8. The minimum atomic E-state index is -0.258. The highest BCUT2D eigenvalue weighted by molar-refractivity contribution is 6.02. The van der Waals surface area contributed by atoms with Gasteiger partial charge in [-0.25, -0.2) is 4.68 Å². The predicted octanol–water partition coefficient (Wildman–Crippen LogP) is 3.70. The molecule has 0 bridgehead atoms. The maximum atomic E-state index is 12.3. The first-order valence-electron chi connectivity index (χ1n) is 7.97. The smallest absolute Gasteiger partial charge is 0.277 e. The van der Waals surface area contributed by atoms with Gasteiger partial charge >= 0.3 is 0 Å². The van der Waals surface area contributed by atoms with Crippen LogP contribution in [0, 0.1) is 0 Å². The first kappa shape index (κ1) is 15.9. The molecule has 5 heteroatoms. The molecule has 0 unspecified atom stereocenters. The fraction of sp³-hybridized carbons (Fsp3) is 0.211. The van der Waals surface area contributed by atoms with Crippen molar-refractivity contribution >= 4 is 11.6 Å². The molecule has 122 valence electrons. The Morgan fingerprint density at radius 2 is 1.79 bits per heavy atom. The van der Waals surface area contributed by atoms with Gasteiger partial charge in [-0.05, 0) is 29.2 Å². The van der Waals surface area contributed by atoms with Crippen LogP contribution in [0.1, 0.15) is 41.4 Å². The van der Waals surface area contributed by atoms with E-state index in [9.17, 15) is 4.79 Å². The van der Waals surface area contributed by atoms with Crippen LogP contribution in [0.3, 0.4) is 0 Å². The summed E-state index contributed by atoms with van der Waals surface area (Å²) in [6.07, 6.45) is 1.66. The molecule has 1 heterocycles. The Morgan fingerprint density at radius 1 is 1.08 bits per heavy atom. The van der Waals surface area contributed by atoms with Crippen LogP contribution in [0.5, 0.6) is 0 Å². The van der Waals surface area contributed by atoms with E-state index >= 15 is 0 Å². The molecule has 24 heavy (non-hydrogen) atoms. The third-order valence-corrected chi connectivity index (χ3v) is 3.79. The van der Waals surface area contributed by atoms with E-state index in [0.29, 0.717) is 18.2 Å². The van der Waals surface area contributed by atoms with E-state index in [2.05, 4.69) is 29.5 Å². The standard InChI is InChI=1S/C19H20N4O/c1-14(2)16-8-10-17(11-9-16)20-19(24)18-13-23(22-21-18)12-15-6-4-3-5-7-15/h3-11,13-14H,12H2,1-2H3,(H,20,24). The van der Waals surface area contributed by atoms with Crippen molar-refractivity contribution in [1.82, 2.24) is 15.0 Å². The van der Waals surface area contributed by atoms with Gasteiger partial charge in [-0.1, -0.05) is 61.5 Å². The normalized spacial score (nSPS) is 10.8. The maximum absolute atomic E-state index is 12.3. The van der Waals surface area contributed by atoms with Crippen molar-refractivity contribution in [2.45, 2.75) is 26.3 Å². The number of carbonyl (C=O) groups excluding carboxylic acids is 1. The zero-order valence-corrected chi connectivity index (χ0v) is 13.8. The van der Waals surface area contributed by atoms with Gasteiger partial charge in [-0.3, -0.25) is 4.79 Å². The molecule has 0 aliphatic rings. The lowest BCUT2D eigenvalue weighted by Gasteiger charge is -2.07. The molecule has 0 radical (unpaired) electrons. The van der Waals surface area contributed by atoms with Crippen molar-refractivity contribution in [2.24, 2.45) is 0 Å². The highest BCUT2D eigenvalue weighted by Crippen LogP contribution is 2.17. The van der Waals surface area contributed by atoms with Crippen LogP contribution < -0.4 is 5.32 Å². The van der Waals surface area contributed by atoms with Gasteiger partial charge in [0.15, 0.2) is 5.69 Å². The lowest BCUT2D eigenvalue weighted by atomic mass is 10.0. The monoisotopic (exact) mass is 320 g/mol. The second-order valence-corrected chi connectivity index (χ2v) is 6.02. The average Bonchev–Trinajstić information content (AvgIpc) is 3.05. The van der Waals surface area contributed by atoms with Gasteiger partial charge in [-0.2, -0.15) is 0 Å². The fourth-order valence-electron chi connectivity index (χ4n) is 2.40. The van der Waals surface area contributed by atoms with E-state index in [1.165, 1.54) is 5.56 Å². The summed E-state index contributed by atoms with van der Waals surface area (Å²) in [5.74, 6) is 0.208. The molecule has 0 fully saturated rings. The van der Waals surface area contributed by atoms with Crippen molar-refractivity contribution < 1.29 is 4.79 Å². The van der Waals surface area contributed by atoms with Gasteiger partial charge in [0, 0.05) is 5.69 Å². The third kappa shape index (κ3) is 3.87. The summed E-state index contributed by atoms with van der Waals surface area (Å²) >= 11 is 0. The van der Waals surface area contributed by atoms with Crippen molar-refractivity contribution in [3.8, 4) is 0 Å². The highest BCUT2D eigenvalue weighted by Gasteiger charge is 2.11. The molecule has 5 nitrogen and oxygen atoms in total. The Labute approximate surface area is 141 Å². The quantitative estimate of drug-likeness (QED) is 0.780. The minimum Gasteiger partial charge on any atom is -0.321 e. The number of carbonyl (C=O) groups is 1. The summed E-state index contributed by atoms with van der Waals surface area (Å²) in [5.41, 5.74) is 3.40. The maximum Gasteiger partial charge on any atom is 0.277 e. The molecule has 0 atom stereocenters. The molecule has 0 aliphatic heterocycles. The molecule has 0 aliphatic carbocycles. The number of nitrogens with zero attached hydrogens (tertiary/aromatic N) is 3. The van der Waals surface area contributed by atoms with Gasteiger partial charge in [0.05, 0.1) is 12.7 Å². The lowest BCUT2D eigenvalue weighted by Crippen LogP contribution is -2.12. The van der Waals surface area contributed by atoms with Crippen LogP contribution in [-0.2, 0) is 6.54 Å². The largest absolute Gasteiger partial charge is 0.321 e. The number of aromatic nitrogens is 3. The second kappa shape index (κ2) is 7.08. The molecular weight excluding hydrogens is 300 g/mol. The van der Waals surface area contributed by atoms with E-state index < -0.39 is 0 Å². The molecule has 3 aromatic rings. The average molecular weight is 320 g/mol. The number of anilines is 1. The SMILES string of the molecule is CC(C)c1ccc(NC(=O)c2cn(Cc3ccccc3)nn2)cc1. The summed E-state index contributed by atoms with van der Waals surface area (Å²) in [7, 11) is 0. The van der Waals surface area contributed by atoms with Gasteiger partial charge in [-0.15, -0.1) is 5.10 Å². The summed E-state index contributed by atoms with van der Waals surface area (Å²) in [4.78, 5) is 12.3. The molecule has 3 rings (SSSR count). The molecular formula is C19H20N4O. The van der Waals surface area contributed by atoms with E-state index in [1.54, 1.807) is 10.9 Å². The van der Waals surface area contributed by atoms with Crippen LogP contribution in [0.25, 0.3) is 0 Å².